The topological polar surface area (TPSA) is 21.3 Å². The Morgan fingerprint density at radius 1 is 1.17 bits per heavy atom. The van der Waals surface area contributed by atoms with Crippen LogP contribution in [0.25, 0.3) is 0 Å². The van der Waals surface area contributed by atoms with Crippen molar-refractivity contribution in [3.05, 3.63) is 0 Å². The minimum absolute atomic E-state index is 0.0452. The minimum Gasteiger partial charge on any atom is -0.375 e. The van der Waals surface area contributed by atoms with Gasteiger partial charge in [-0.3, -0.25) is 0 Å². The maximum atomic E-state index is 12.1. The standard InChI is InChI=1S/C11H20F5NO/c1-2-6-17-9(3-5-11(14,15)16)4-7-18-8-10(12)13/h9-10,17H,2-8H2,1H3. The van der Waals surface area contributed by atoms with Gasteiger partial charge in [-0.1, -0.05) is 6.92 Å². The molecule has 0 heterocycles. The van der Waals surface area contributed by atoms with Gasteiger partial charge in [0.15, 0.2) is 0 Å². The zero-order valence-corrected chi connectivity index (χ0v) is 10.4. The van der Waals surface area contributed by atoms with Crippen molar-refractivity contribution in [2.75, 3.05) is 19.8 Å². The predicted molar refractivity (Wildman–Crippen MR) is 58.8 cm³/mol. The van der Waals surface area contributed by atoms with E-state index >= 15 is 0 Å². The summed E-state index contributed by atoms with van der Waals surface area (Å²) in [4.78, 5) is 0. The van der Waals surface area contributed by atoms with Crippen LogP contribution in [-0.4, -0.2) is 38.4 Å². The van der Waals surface area contributed by atoms with Crippen LogP contribution >= 0.6 is 0 Å². The van der Waals surface area contributed by atoms with Gasteiger partial charge in [0.1, 0.15) is 6.61 Å². The maximum absolute atomic E-state index is 12.1. The van der Waals surface area contributed by atoms with Gasteiger partial charge < -0.3 is 10.1 Å². The second kappa shape index (κ2) is 9.49. The van der Waals surface area contributed by atoms with Crippen molar-refractivity contribution in [1.82, 2.24) is 5.32 Å². The van der Waals surface area contributed by atoms with Gasteiger partial charge in [-0.25, -0.2) is 8.78 Å². The van der Waals surface area contributed by atoms with E-state index in [1.807, 2.05) is 6.92 Å². The summed E-state index contributed by atoms with van der Waals surface area (Å²) in [5, 5.41) is 2.96. The van der Waals surface area contributed by atoms with Crippen LogP contribution < -0.4 is 5.32 Å². The first-order chi connectivity index (χ1) is 8.35. The monoisotopic (exact) mass is 277 g/mol. The molecule has 0 aliphatic heterocycles. The summed E-state index contributed by atoms with van der Waals surface area (Å²) in [5.74, 6) is 0. The van der Waals surface area contributed by atoms with Crippen LogP contribution in [0.1, 0.15) is 32.6 Å². The van der Waals surface area contributed by atoms with E-state index in [-0.39, 0.29) is 19.1 Å². The van der Waals surface area contributed by atoms with Crippen molar-refractivity contribution in [1.29, 1.82) is 0 Å². The number of rotatable bonds is 10. The lowest BCUT2D eigenvalue weighted by atomic mass is 10.1. The molecule has 0 aromatic heterocycles. The van der Waals surface area contributed by atoms with Crippen molar-refractivity contribution < 1.29 is 26.7 Å². The van der Waals surface area contributed by atoms with Crippen molar-refractivity contribution in [3.8, 4) is 0 Å². The van der Waals surface area contributed by atoms with Crippen molar-refractivity contribution >= 4 is 0 Å². The Morgan fingerprint density at radius 2 is 1.83 bits per heavy atom. The molecule has 0 aromatic carbocycles. The van der Waals surface area contributed by atoms with Gasteiger partial charge >= 0.3 is 6.18 Å². The van der Waals surface area contributed by atoms with Crippen LogP contribution in [0.3, 0.4) is 0 Å². The lowest BCUT2D eigenvalue weighted by Gasteiger charge is -2.19. The smallest absolute Gasteiger partial charge is 0.375 e. The Kier molecular flexibility index (Phi) is 9.27. The van der Waals surface area contributed by atoms with E-state index in [9.17, 15) is 22.0 Å². The molecule has 18 heavy (non-hydrogen) atoms. The zero-order chi connectivity index (χ0) is 14.0. The van der Waals surface area contributed by atoms with Crippen LogP contribution in [0.5, 0.6) is 0 Å². The fourth-order valence-corrected chi connectivity index (χ4v) is 1.43. The minimum atomic E-state index is -4.18. The molecule has 0 aliphatic rings. The maximum Gasteiger partial charge on any atom is 0.389 e. The fraction of sp³-hybridized carbons (Fsp3) is 1.00. The van der Waals surface area contributed by atoms with Gasteiger partial charge in [-0.15, -0.1) is 0 Å². The molecule has 2 nitrogen and oxygen atoms in total. The van der Waals surface area contributed by atoms with Gasteiger partial charge in [0.2, 0.25) is 0 Å². The molecule has 0 fully saturated rings. The van der Waals surface area contributed by atoms with E-state index in [1.54, 1.807) is 0 Å². The third-order valence-electron chi connectivity index (χ3n) is 2.31. The van der Waals surface area contributed by atoms with Gasteiger partial charge in [0.25, 0.3) is 6.43 Å². The van der Waals surface area contributed by atoms with Crippen LogP contribution in [0.4, 0.5) is 22.0 Å². The SMILES string of the molecule is CCCNC(CCOCC(F)F)CCC(F)(F)F. The molecule has 110 valence electrons. The Balaban J connectivity index is 3.84. The molecule has 0 aromatic rings. The molecule has 0 bridgehead atoms. The molecular formula is C11H20F5NO. The average molecular weight is 277 g/mol. The fourth-order valence-electron chi connectivity index (χ4n) is 1.43. The van der Waals surface area contributed by atoms with Crippen molar-refractivity contribution in [3.63, 3.8) is 0 Å². The second-order valence-electron chi connectivity index (χ2n) is 4.06. The molecule has 1 atom stereocenters. The summed E-state index contributed by atoms with van der Waals surface area (Å²) in [7, 11) is 0. The number of alkyl halides is 5. The molecular weight excluding hydrogens is 257 g/mol. The third-order valence-corrected chi connectivity index (χ3v) is 2.31. The highest BCUT2D eigenvalue weighted by Crippen LogP contribution is 2.22. The summed E-state index contributed by atoms with van der Waals surface area (Å²) >= 11 is 0. The third kappa shape index (κ3) is 12.0. The van der Waals surface area contributed by atoms with Crippen LogP contribution in [0, 0.1) is 0 Å². The van der Waals surface area contributed by atoms with E-state index < -0.39 is 25.6 Å². The lowest BCUT2D eigenvalue weighted by molar-refractivity contribution is -0.136. The highest BCUT2D eigenvalue weighted by molar-refractivity contribution is 4.68. The van der Waals surface area contributed by atoms with Gasteiger partial charge in [0, 0.05) is 19.1 Å². The summed E-state index contributed by atoms with van der Waals surface area (Å²) < 4.78 is 64.4. The van der Waals surface area contributed by atoms with Gasteiger partial charge in [-0.05, 0) is 25.8 Å². The Morgan fingerprint density at radius 3 is 2.33 bits per heavy atom. The molecule has 0 radical (unpaired) electrons. The highest BCUT2D eigenvalue weighted by atomic mass is 19.4. The molecule has 1 N–H and O–H groups in total. The quantitative estimate of drug-likeness (QED) is 0.488. The van der Waals surface area contributed by atoms with E-state index in [0.717, 1.165) is 6.42 Å². The highest BCUT2D eigenvalue weighted by Gasteiger charge is 2.28. The lowest BCUT2D eigenvalue weighted by Crippen LogP contribution is -2.32. The van der Waals surface area contributed by atoms with E-state index in [4.69, 9.17) is 0 Å². The average Bonchev–Trinajstić information content (AvgIpc) is 2.25. The molecule has 0 amide bonds. The Labute approximate surface area is 104 Å². The molecule has 7 heteroatoms. The zero-order valence-electron chi connectivity index (χ0n) is 10.4. The summed E-state index contributed by atoms with van der Waals surface area (Å²) in [5.41, 5.74) is 0. The summed E-state index contributed by atoms with van der Waals surface area (Å²) in [6, 6.07) is -0.343. The van der Waals surface area contributed by atoms with Crippen molar-refractivity contribution in [2.45, 2.75) is 51.3 Å². The summed E-state index contributed by atoms with van der Waals surface area (Å²) in [6.07, 6.45) is -6.54. The molecule has 0 aliphatic carbocycles. The molecule has 0 saturated carbocycles. The number of nitrogens with one attached hydrogen (secondary N) is 1. The normalized spacial score (nSPS) is 14.2. The Hall–Kier alpha value is -0.430. The largest absolute Gasteiger partial charge is 0.389 e. The van der Waals surface area contributed by atoms with E-state index in [1.165, 1.54) is 0 Å². The molecule has 0 spiro atoms. The van der Waals surface area contributed by atoms with Crippen LogP contribution in [0.15, 0.2) is 0 Å². The van der Waals surface area contributed by atoms with E-state index in [0.29, 0.717) is 13.0 Å². The van der Waals surface area contributed by atoms with Crippen LogP contribution in [0.2, 0.25) is 0 Å². The molecule has 0 saturated heterocycles. The number of hydrogen-bond donors (Lipinski definition) is 1. The van der Waals surface area contributed by atoms with Gasteiger partial charge in [-0.2, -0.15) is 13.2 Å². The van der Waals surface area contributed by atoms with Crippen LogP contribution in [-0.2, 0) is 4.74 Å². The first-order valence-corrected chi connectivity index (χ1v) is 6.01. The molecule has 0 rings (SSSR count). The number of halogens is 5. The number of ether oxygens (including phenoxy) is 1. The first-order valence-electron chi connectivity index (χ1n) is 6.01. The Bertz CT molecular complexity index is 198. The predicted octanol–water partition coefficient (Wildman–Crippen LogP) is 3.37. The molecule has 1 unspecified atom stereocenters. The first kappa shape index (κ1) is 17.6. The van der Waals surface area contributed by atoms with Crippen molar-refractivity contribution in [2.24, 2.45) is 0 Å². The van der Waals surface area contributed by atoms with Gasteiger partial charge in [0.05, 0.1) is 0 Å². The number of hydrogen-bond acceptors (Lipinski definition) is 2. The second-order valence-corrected chi connectivity index (χ2v) is 4.06. The summed E-state index contributed by atoms with van der Waals surface area (Å²) in [6.45, 7) is 1.89. The van der Waals surface area contributed by atoms with E-state index in [2.05, 4.69) is 10.1 Å².